The van der Waals surface area contributed by atoms with E-state index >= 15 is 0 Å². The largest absolute Gasteiger partial charge is 0.497 e. The van der Waals surface area contributed by atoms with Crippen LogP contribution in [0.25, 0.3) is 0 Å². The fraction of sp³-hybridized carbons (Fsp3) is 0.462. The summed E-state index contributed by atoms with van der Waals surface area (Å²) in [6.45, 7) is 7.73. The number of ketones is 1. The number of carbonyl (C=O) groups is 1. The second kappa shape index (κ2) is 14.1. The Hall–Kier alpha value is -3.27. The fourth-order valence-electron chi connectivity index (χ4n) is 8.21. The number of Topliss-reactive ketones (excluding diaryl/α,β-unsaturated/α-hetero) is 1. The predicted molar refractivity (Wildman–Crippen MR) is 185 cm³/mol. The van der Waals surface area contributed by atoms with Crippen LogP contribution >= 0.6 is 0 Å². The molecular weight excluding hydrogens is 609 g/mol. The summed E-state index contributed by atoms with van der Waals surface area (Å²) in [5.41, 5.74) is 0.706. The van der Waals surface area contributed by atoms with Crippen LogP contribution in [0.15, 0.2) is 96.6 Å². The lowest BCUT2D eigenvalue weighted by atomic mass is 9.71. The van der Waals surface area contributed by atoms with Gasteiger partial charge < -0.3 is 28.1 Å². The molecule has 3 aromatic carbocycles. The third-order valence-electron chi connectivity index (χ3n) is 10.4. The molecule has 0 N–H and O–H groups in total. The summed E-state index contributed by atoms with van der Waals surface area (Å²) < 4.78 is 37.2. The van der Waals surface area contributed by atoms with Gasteiger partial charge in [0.15, 0.2) is 13.1 Å². The van der Waals surface area contributed by atoms with Gasteiger partial charge in [-0.2, -0.15) is 0 Å². The maximum Gasteiger partial charge on any atom is 0.261 e. The van der Waals surface area contributed by atoms with E-state index in [1.165, 1.54) is 15.9 Å². The molecule has 1 aliphatic heterocycles. The minimum absolute atomic E-state index is 0.0566. The van der Waals surface area contributed by atoms with Gasteiger partial charge in [-0.05, 0) is 70.9 Å². The number of methoxy groups -OCH3 is 2. The van der Waals surface area contributed by atoms with Crippen molar-refractivity contribution in [2.24, 2.45) is 17.3 Å². The standard InChI is InChI=1S/C39H48O7Si/c1-38(2,3)47(31-13-8-6-9-14-31,32-15-10-7-11-16-32)45-24-23-39-25-28(26-43-27-44-30-21-19-29(41-4)20-22-30)35(40)33-17-12-18-34(39)36(33)46-37(39)42-5/h6-11,13-16,18-22,28,33,36-37H,12,17,23-27H2,1-5H3/t28-,33+,36?,37+,39+/m0/s1. The molecule has 1 heterocycles. The highest BCUT2D eigenvalue weighted by atomic mass is 28.4. The van der Waals surface area contributed by atoms with Gasteiger partial charge >= 0.3 is 0 Å². The molecule has 1 saturated heterocycles. The number of hydrogen-bond acceptors (Lipinski definition) is 7. The molecule has 4 bridgehead atoms. The zero-order valence-corrected chi connectivity index (χ0v) is 29.3. The van der Waals surface area contributed by atoms with Crippen molar-refractivity contribution in [1.82, 2.24) is 0 Å². The van der Waals surface area contributed by atoms with Crippen molar-refractivity contribution in [1.29, 1.82) is 0 Å². The number of ether oxygens (including phenoxy) is 5. The van der Waals surface area contributed by atoms with E-state index in [0.717, 1.165) is 18.6 Å². The highest BCUT2D eigenvalue weighted by molar-refractivity contribution is 6.99. The Kier molecular flexibility index (Phi) is 10.1. The molecule has 0 radical (unpaired) electrons. The third-order valence-corrected chi connectivity index (χ3v) is 15.4. The summed E-state index contributed by atoms with van der Waals surface area (Å²) in [5, 5.41) is 2.35. The van der Waals surface area contributed by atoms with E-state index in [9.17, 15) is 4.79 Å². The highest BCUT2D eigenvalue weighted by Crippen LogP contribution is 2.57. The quantitative estimate of drug-likeness (QED) is 0.0926. The lowest BCUT2D eigenvalue weighted by Crippen LogP contribution is -2.66. The van der Waals surface area contributed by atoms with E-state index in [1.54, 1.807) is 14.2 Å². The van der Waals surface area contributed by atoms with Crippen LogP contribution < -0.4 is 19.8 Å². The number of allylic oxidation sites excluding steroid dienone is 1. The molecule has 2 aliphatic carbocycles. The molecule has 1 unspecified atom stereocenters. The van der Waals surface area contributed by atoms with Crippen LogP contribution in [0.4, 0.5) is 0 Å². The van der Waals surface area contributed by atoms with Crippen LogP contribution in [0.2, 0.25) is 5.04 Å². The average molecular weight is 657 g/mol. The zero-order chi connectivity index (χ0) is 33.1. The number of benzene rings is 3. The second-order valence-electron chi connectivity index (χ2n) is 14.0. The molecule has 2 fully saturated rings. The second-order valence-corrected chi connectivity index (χ2v) is 18.3. The predicted octanol–water partition coefficient (Wildman–Crippen LogP) is 6.30. The van der Waals surface area contributed by atoms with Gasteiger partial charge in [0.05, 0.1) is 19.8 Å². The van der Waals surface area contributed by atoms with E-state index in [2.05, 4.69) is 87.5 Å². The zero-order valence-electron chi connectivity index (χ0n) is 28.3. The van der Waals surface area contributed by atoms with Crippen LogP contribution in [0, 0.1) is 17.3 Å². The normalized spacial score (nSPS) is 25.6. The summed E-state index contributed by atoms with van der Waals surface area (Å²) in [5.74, 6) is 1.15. The Balaban J connectivity index is 1.26. The molecule has 7 nitrogen and oxygen atoms in total. The molecule has 0 amide bonds. The van der Waals surface area contributed by atoms with Crippen LogP contribution in [-0.2, 0) is 23.4 Å². The molecular formula is C39H48O7Si. The van der Waals surface area contributed by atoms with E-state index in [-0.39, 0.29) is 42.2 Å². The minimum Gasteiger partial charge on any atom is -0.497 e. The van der Waals surface area contributed by atoms with Crippen molar-refractivity contribution < 1.29 is 32.9 Å². The van der Waals surface area contributed by atoms with Gasteiger partial charge in [-0.25, -0.2) is 0 Å². The molecule has 0 spiro atoms. The van der Waals surface area contributed by atoms with Gasteiger partial charge in [-0.3, -0.25) is 4.79 Å². The summed E-state index contributed by atoms with van der Waals surface area (Å²) in [7, 11) is 0.594. The Morgan fingerprint density at radius 2 is 1.53 bits per heavy atom. The summed E-state index contributed by atoms with van der Waals surface area (Å²) in [6, 6.07) is 28.8. The van der Waals surface area contributed by atoms with Gasteiger partial charge in [-0.1, -0.05) is 87.5 Å². The van der Waals surface area contributed by atoms with Crippen LogP contribution in [0.1, 0.15) is 46.5 Å². The summed E-state index contributed by atoms with van der Waals surface area (Å²) >= 11 is 0. The molecule has 3 aromatic rings. The average Bonchev–Trinajstić information content (AvgIpc) is 3.39. The van der Waals surface area contributed by atoms with Crippen LogP contribution in [0.5, 0.6) is 11.5 Å². The first-order valence-corrected chi connectivity index (χ1v) is 18.7. The van der Waals surface area contributed by atoms with Gasteiger partial charge in [-0.15, -0.1) is 0 Å². The maximum absolute atomic E-state index is 14.0. The molecule has 47 heavy (non-hydrogen) atoms. The monoisotopic (exact) mass is 656 g/mol. The third kappa shape index (κ3) is 6.34. The summed E-state index contributed by atoms with van der Waals surface area (Å²) in [4.78, 5) is 14.0. The van der Waals surface area contributed by atoms with Crippen LogP contribution in [-0.4, -0.2) is 60.7 Å². The number of carbonyl (C=O) groups excluding carboxylic acids is 1. The van der Waals surface area contributed by atoms with Gasteiger partial charge in [0.25, 0.3) is 8.32 Å². The highest BCUT2D eigenvalue weighted by Gasteiger charge is 2.61. The van der Waals surface area contributed by atoms with Crippen LogP contribution in [0.3, 0.4) is 0 Å². The Morgan fingerprint density at radius 1 is 0.894 bits per heavy atom. The van der Waals surface area contributed by atoms with Gasteiger partial charge in [0.2, 0.25) is 0 Å². The maximum atomic E-state index is 14.0. The molecule has 8 heteroatoms. The van der Waals surface area contributed by atoms with Crippen molar-refractivity contribution >= 4 is 24.5 Å². The minimum atomic E-state index is -2.75. The molecule has 0 aromatic heterocycles. The summed E-state index contributed by atoms with van der Waals surface area (Å²) in [6.07, 6.45) is 4.46. The van der Waals surface area contributed by atoms with E-state index in [4.69, 9.17) is 28.1 Å². The topological polar surface area (TPSA) is 72.5 Å². The van der Waals surface area contributed by atoms with Crippen molar-refractivity contribution in [3.63, 3.8) is 0 Å². The first kappa shape index (κ1) is 33.6. The Morgan fingerprint density at radius 3 is 2.13 bits per heavy atom. The van der Waals surface area contributed by atoms with Gasteiger partial charge in [0.1, 0.15) is 17.3 Å². The molecule has 1 saturated carbocycles. The van der Waals surface area contributed by atoms with E-state index in [1.807, 2.05) is 24.3 Å². The van der Waals surface area contributed by atoms with E-state index < -0.39 is 20.0 Å². The van der Waals surface area contributed by atoms with Crippen molar-refractivity contribution in [2.75, 3.05) is 34.2 Å². The van der Waals surface area contributed by atoms with Crippen molar-refractivity contribution in [2.45, 2.75) is 63.9 Å². The molecule has 3 aliphatic rings. The SMILES string of the molecule is COc1ccc(OCOC[C@@H]2C[C@]3(CCO[Si](c4ccccc4)(c4ccccc4)C(C)(C)C)C4=CCC[C@H](C2=O)C4O[C@H]3OC)cc1. The molecule has 250 valence electrons. The van der Waals surface area contributed by atoms with E-state index in [0.29, 0.717) is 25.2 Å². The Labute approximate surface area is 280 Å². The smallest absolute Gasteiger partial charge is 0.261 e. The lowest BCUT2D eigenvalue weighted by Gasteiger charge is -2.44. The fourth-order valence-corrected chi connectivity index (χ4v) is 12.8. The number of rotatable bonds is 13. The van der Waals surface area contributed by atoms with Crippen molar-refractivity contribution in [3.8, 4) is 11.5 Å². The first-order valence-electron chi connectivity index (χ1n) is 16.8. The lowest BCUT2D eigenvalue weighted by molar-refractivity contribution is -0.184. The first-order chi connectivity index (χ1) is 22.7. The van der Waals surface area contributed by atoms with Crippen molar-refractivity contribution in [3.05, 3.63) is 96.6 Å². The van der Waals surface area contributed by atoms with Gasteiger partial charge in [0, 0.05) is 31.0 Å². The number of hydrogen-bond donors (Lipinski definition) is 0. The molecule has 6 rings (SSSR count). The molecule has 5 atom stereocenters. The Bertz CT molecular complexity index is 1480.